The van der Waals surface area contributed by atoms with E-state index in [4.69, 9.17) is 0 Å². The average Bonchev–Trinajstić information content (AvgIpc) is 1.97. The van der Waals surface area contributed by atoms with E-state index in [9.17, 15) is 18.3 Å². The maximum Gasteiger partial charge on any atom is 0.416 e. The van der Waals surface area contributed by atoms with Gasteiger partial charge in [-0.1, -0.05) is 27.2 Å². The van der Waals surface area contributed by atoms with E-state index in [2.05, 4.69) is 0 Å². The summed E-state index contributed by atoms with van der Waals surface area (Å²) in [6.45, 7) is 6.44. The van der Waals surface area contributed by atoms with Crippen LogP contribution in [0.1, 0.15) is 40.5 Å². The number of rotatable bonds is 4. The molecule has 0 heterocycles. The first-order chi connectivity index (χ1) is 6.12. The fraction of sp³-hybridized carbons (Fsp3) is 1.00. The molecule has 0 aromatic rings. The molecule has 0 aromatic heterocycles. The average molecular weight is 212 g/mol. The van der Waals surface area contributed by atoms with E-state index in [-0.39, 0.29) is 18.3 Å². The third-order valence-electron chi connectivity index (χ3n) is 2.74. The Morgan fingerprint density at radius 1 is 1.21 bits per heavy atom. The standard InChI is InChI=1S/C10H19F3O/c1-5-8(7(2)3)6-9(4,14)10(11,12)13/h7-8,14H,5-6H2,1-4H3. The van der Waals surface area contributed by atoms with Crippen molar-refractivity contribution in [2.45, 2.75) is 52.3 Å². The van der Waals surface area contributed by atoms with Crippen molar-refractivity contribution < 1.29 is 18.3 Å². The molecule has 2 unspecified atom stereocenters. The first-order valence-corrected chi connectivity index (χ1v) is 4.91. The summed E-state index contributed by atoms with van der Waals surface area (Å²) in [5.41, 5.74) is -2.56. The molecule has 0 aromatic carbocycles. The molecule has 86 valence electrons. The second-order valence-corrected chi connectivity index (χ2v) is 4.39. The SMILES string of the molecule is CCC(CC(C)(O)C(F)(F)F)C(C)C. The molecule has 0 aliphatic heterocycles. The van der Waals surface area contributed by atoms with E-state index < -0.39 is 11.8 Å². The smallest absolute Gasteiger partial charge is 0.381 e. The van der Waals surface area contributed by atoms with Crippen LogP contribution in [0.2, 0.25) is 0 Å². The van der Waals surface area contributed by atoms with Gasteiger partial charge in [-0.25, -0.2) is 0 Å². The minimum absolute atomic E-state index is 0.0911. The molecule has 0 fully saturated rings. The number of halogens is 3. The van der Waals surface area contributed by atoms with Gasteiger partial charge < -0.3 is 5.11 Å². The van der Waals surface area contributed by atoms with Gasteiger partial charge in [0, 0.05) is 0 Å². The highest BCUT2D eigenvalue weighted by atomic mass is 19.4. The van der Waals surface area contributed by atoms with Gasteiger partial charge in [-0.2, -0.15) is 13.2 Å². The first kappa shape index (κ1) is 13.8. The van der Waals surface area contributed by atoms with Crippen molar-refractivity contribution in [1.29, 1.82) is 0 Å². The number of hydrogen-bond donors (Lipinski definition) is 1. The lowest BCUT2D eigenvalue weighted by Gasteiger charge is -2.31. The van der Waals surface area contributed by atoms with Crippen LogP contribution in [0.25, 0.3) is 0 Å². The molecule has 0 radical (unpaired) electrons. The molecule has 0 rings (SSSR count). The summed E-state index contributed by atoms with van der Waals surface area (Å²) in [4.78, 5) is 0. The molecule has 2 atom stereocenters. The van der Waals surface area contributed by atoms with Gasteiger partial charge in [0.05, 0.1) is 0 Å². The largest absolute Gasteiger partial charge is 0.416 e. The molecule has 0 aliphatic rings. The van der Waals surface area contributed by atoms with Crippen LogP contribution in [0.3, 0.4) is 0 Å². The van der Waals surface area contributed by atoms with E-state index >= 15 is 0 Å². The zero-order chi connectivity index (χ0) is 11.6. The number of hydrogen-bond acceptors (Lipinski definition) is 1. The molecule has 0 saturated heterocycles. The molecule has 0 spiro atoms. The maximum absolute atomic E-state index is 12.3. The topological polar surface area (TPSA) is 20.2 Å². The Kier molecular flexibility index (Phi) is 4.43. The molecular weight excluding hydrogens is 193 g/mol. The van der Waals surface area contributed by atoms with Crippen LogP contribution in [0.4, 0.5) is 13.2 Å². The van der Waals surface area contributed by atoms with Gasteiger partial charge in [0.2, 0.25) is 0 Å². The van der Waals surface area contributed by atoms with E-state index in [1.54, 1.807) is 0 Å². The quantitative estimate of drug-likeness (QED) is 0.757. The van der Waals surface area contributed by atoms with Gasteiger partial charge in [0.25, 0.3) is 0 Å². The van der Waals surface area contributed by atoms with E-state index in [1.807, 2.05) is 20.8 Å². The molecular formula is C10H19F3O. The van der Waals surface area contributed by atoms with E-state index in [0.717, 1.165) is 6.92 Å². The third-order valence-corrected chi connectivity index (χ3v) is 2.74. The van der Waals surface area contributed by atoms with E-state index in [0.29, 0.717) is 6.42 Å². The van der Waals surface area contributed by atoms with Crippen molar-refractivity contribution in [1.82, 2.24) is 0 Å². The highest BCUT2D eigenvalue weighted by Gasteiger charge is 2.50. The lowest BCUT2D eigenvalue weighted by atomic mass is 9.83. The molecule has 0 saturated carbocycles. The summed E-state index contributed by atoms with van der Waals surface area (Å²) >= 11 is 0. The van der Waals surface area contributed by atoms with E-state index in [1.165, 1.54) is 0 Å². The minimum Gasteiger partial charge on any atom is -0.381 e. The first-order valence-electron chi connectivity index (χ1n) is 4.91. The second kappa shape index (κ2) is 4.51. The third kappa shape index (κ3) is 3.48. The van der Waals surface area contributed by atoms with Gasteiger partial charge >= 0.3 is 6.18 Å². The fourth-order valence-corrected chi connectivity index (χ4v) is 1.48. The Hall–Kier alpha value is -0.250. The van der Waals surface area contributed by atoms with Gasteiger partial charge in [-0.05, 0) is 25.2 Å². The molecule has 0 aliphatic carbocycles. The summed E-state index contributed by atoms with van der Waals surface area (Å²) in [6, 6.07) is 0. The van der Waals surface area contributed by atoms with Crippen molar-refractivity contribution in [3.63, 3.8) is 0 Å². The maximum atomic E-state index is 12.3. The fourth-order valence-electron chi connectivity index (χ4n) is 1.48. The highest BCUT2D eigenvalue weighted by Crippen LogP contribution is 2.37. The lowest BCUT2D eigenvalue weighted by Crippen LogP contribution is -2.44. The van der Waals surface area contributed by atoms with Crippen LogP contribution in [0.15, 0.2) is 0 Å². The van der Waals surface area contributed by atoms with Crippen molar-refractivity contribution in [2.24, 2.45) is 11.8 Å². The van der Waals surface area contributed by atoms with Crippen LogP contribution in [0, 0.1) is 11.8 Å². The molecule has 4 heteroatoms. The molecule has 14 heavy (non-hydrogen) atoms. The Morgan fingerprint density at radius 3 is 1.86 bits per heavy atom. The van der Waals surface area contributed by atoms with Crippen LogP contribution in [-0.4, -0.2) is 16.9 Å². The highest BCUT2D eigenvalue weighted by molar-refractivity contribution is 4.84. The Morgan fingerprint density at radius 2 is 1.64 bits per heavy atom. The number of alkyl halides is 3. The van der Waals surface area contributed by atoms with Crippen LogP contribution < -0.4 is 0 Å². The predicted octanol–water partition coefficient (Wildman–Crippen LogP) is 3.37. The summed E-state index contributed by atoms with van der Waals surface area (Å²) in [7, 11) is 0. The van der Waals surface area contributed by atoms with Crippen LogP contribution in [-0.2, 0) is 0 Å². The summed E-state index contributed by atoms with van der Waals surface area (Å²) in [5, 5.41) is 9.28. The monoisotopic (exact) mass is 212 g/mol. The van der Waals surface area contributed by atoms with Gasteiger partial charge in [0.15, 0.2) is 5.60 Å². The minimum atomic E-state index is -4.53. The van der Waals surface area contributed by atoms with Crippen molar-refractivity contribution in [3.8, 4) is 0 Å². The second-order valence-electron chi connectivity index (χ2n) is 4.39. The Bertz CT molecular complexity index is 173. The Balaban J connectivity index is 4.48. The zero-order valence-corrected chi connectivity index (χ0v) is 9.15. The van der Waals surface area contributed by atoms with Crippen LogP contribution >= 0.6 is 0 Å². The van der Waals surface area contributed by atoms with Crippen molar-refractivity contribution in [2.75, 3.05) is 0 Å². The van der Waals surface area contributed by atoms with Crippen molar-refractivity contribution in [3.05, 3.63) is 0 Å². The zero-order valence-electron chi connectivity index (χ0n) is 9.15. The predicted molar refractivity (Wildman–Crippen MR) is 49.9 cm³/mol. The van der Waals surface area contributed by atoms with Gasteiger partial charge in [0.1, 0.15) is 0 Å². The number of aliphatic hydroxyl groups is 1. The van der Waals surface area contributed by atoms with Crippen molar-refractivity contribution >= 4 is 0 Å². The Labute approximate surface area is 83.3 Å². The summed E-state index contributed by atoms with van der Waals surface area (Å²) in [5.74, 6) is 0.0699. The molecule has 1 nitrogen and oxygen atoms in total. The molecule has 1 N–H and O–H groups in total. The lowest BCUT2D eigenvalue weighted by molar-refractivity contribution is -0.259. The molecule has 0 bridgehead atoms. The van der Waals surface area contributed by atoms with Gasteiger partial charge in [-0.15, -0.1) is 0 Å². The van der Waals surface area contributed by atoms with Gasteiger partial charge in [-0.3, -0.25) is 0 Å². The summed E-state index contributed by atoms with van der Waals surface area (Å²) < 4.78 is 37.0. The summed E-state index contributed by atoms with van der Waals surface area (Å²) in [6.07, 6.45) is -4.09. The molecule has 0 amide bonds. The normalized spacial score (nSPS) is 19.5. The van der Waals surface area contributed by atoms with Crippen LogP contribution in [0.5, 0.6) is 0 Å².